The molecular formula is C21H19O3P. The van der Waals surface area contributed by atoms with Crippen LogP contribution in [0, 0.1) is 6.92 Å². The van der Waals surface area contributed by atoms with Crippen LogP contribution in [0.2, 0.25) is 0 Å². The molecule has 3 aromatic rings. The zero-order valence-electron chi connectivity index (χ0n) is 14.1. The summed E-state index contributed by atoms with van der Waals surface area (Å²) in [5, 5.41) is 0.714. The van der Waals surface area contributed by atoms with Gasteiger partial charge in [0.1, 0.15) is 0 Å². The molecule has 3 aromatic carbocycles. The van der Waals surface area contributed by atoms with Gasteiger partial charge in [0.25, 0.3) is 7.37 Å². The van der Waals surface area contributed by atoms with Crippen LogP contribution in [0.15, 0.2) is 72.8 Å². The van der Waals surface area contributed by atoms with Crippen LogP contribution in [0.4, 0.5) is 0 Å². The molecule has 0 amide bonds. The molecule has 0 aliphatic carbocycles. The maximum absolute atomic E-state index is 13.2. The van der Waals surface area contributed by atoms with Crippen molar-refractivity contribution in [3.63, 3.8) is 0 Å². The Morgan fingerprint density at radius 2 is 1.52 bits per heavy atom. The smallest absolute Gasteiger partial charge is 0.259 e. The van der Waals surface area contributed by atoms with E-state index in [0.717, 1.165) is 5.56 Å². The van der Waals surface area contributed by atoms with Crippen LogP contribution >= 0.6 is 7.37 Å². The van der Waals surface area contributed by atoms with Crippen LogP contribution in [0.5, 0.6) is 0 Å². The fraction of sp³-hybridized carbons (Fsp3) is 0.0952. The molecule has 0 radical (unpaired) electrons. The first kappa shape index (κ1) is 17.3. The monoisotopic (exact) mass is 350 g/mol. The van der Waals surface area contributed by atoms with Crippen molar-refractivity contribution in [2.24, 2.45) is 0 Å². The second kappa shape index (κ2) is 6.79. The maximum atomic E-state index is 13.2. The van der Waals surface area contributed by atoms with Crippen molar-refractivity contribution >= 4 is 23.8 Å². The van der Waals surface area contributed by atoms with Gasteiger partial charge in [-0.1, -0.05) is 54.1 Å². The van der Waals surface area contributed by atoms with Gasteiger partial charge in [-0.05, 0) is 49.2 Å². The van der Waals surface area contributed by atoms with Crippen molar-refractivity contribution in [2.45, 2.75) is 13.8 Å². The van der Waals surface area contributed by atoms with E-state index in [2.05, 4.69) is 0 Å². The zero-order chi connectivity index (χ0) is 18.0. The van der Waals surface area contributed by atoms with Crippen LogP contribution in [-0.4, -0.2) is 10.7 Å². The average molecular weight is 350 g/mol. The molecule has 0 aliphatic rings. The summed E-state index contributed by atoms with van der Waals surface area (Å²) in [7, 11) is -3.77. The normalized spacial score (nSPS) is 13.2. The highest BCUT2D eigenvalue weighted by molar-refractivity contribution is 7.73. The molecule has 0 spiro atoms. The van der Waals surface area contributed by atoms with Gasteiger partial charge in [-0.3, -0.25) is 9.36 Å². The largest absolute Gasteiger partial charge is 0.338 e. The molecule has 0 fully saturated rings. The number of aryl methyl sites for hydroxylation is 1. The number of Topliss-reactive ketones (excluding diaryl/α,β-unsaturated/α-hetero) is 1. The number of carbonyl (C=O) groups excluding carboxylic acids is 1. The second-order valence-corrected chi connectivity index (χ2v) is 8.18. The quantitative estimate of drug-likeness (QED) is 0.570. The first-order valence-electron chi connectivity index (χ1n) is 8.01. The van der Waals surface area contributed by atoms with Crippen LogP contribution in [0.1, 0.15) is 22.8 Å². The van der Waals surface area contributed by atoms with Crippen molar-refractivity contribution in [3.8, 4) is 11.1 Å². The molecule has 3 rings (SSSR count). The summed E-state index contributed by atoms with van der Waals surface area (Å²) in [5.41, 5.74) is 2.82. The third kappa shape index (κ3) is 3.34. The Hall–Kier alpha value is -2.48. The number of hydrogen-bond acceptors (Lipinski definition) is 2. The van der Waals surface area contributed by atoms with Crippen LogP contribution in [0.25, 0.3) is 11.1 Å². The van der Waals surface area contributed by atoms with Crippen LogP contribution in [-0.2, 0) is 4.57 Å². The Morgan fingerprint density at radius 3 is 2.20 bits per heavy atom. The molecule has 0 heterocycles. The van der Waals surface area contributed by atoms with Gasteiger partial charge >= 0.3 is 0 Å². The summed E-state index contributed by atoms with van der Waals surface area (Å²) in [6.07, 6.45) is 0. The molecule has 4 heteroatoms. The summed E-state index contributed by atoms with van der Waals surface area (Å²) in [5.74, 6) is -0.0685. The molecule has 0 aliphatic heterocycles. The summed E-state index contributed by atoms with van der Waals surface area (Å²) < 4.78 is 13.2. The Labute approximate surface area is 147 Å². The van der Waals surface area contributed by atoms with E-state index in [1.165, 1.54) is 6.92 Å². The summed E-state index contributed by atoms with van der Waals surface area (Å²) in [4.78, 5) is 22.9. The fourth-order valence-electron chi connectivity index (χ4n) is 2.92. The molecular weight excluding hydrogens is 331 g/mol. The second-order valence-electron chi connectivity index (χ2n) is 6.03. The van der Waals surface area contributed by atoms with Gasteiger partial charge in [0, 0.05) is 16.2 Å². The van der Waals surface area contributed by atoms with E-state index in [0.29, 0.717) is 27.3 Å². The Morgan fingerprint density at radius 1 is 0.880 bits per heavy atom. The molecule has 0 saturated heterocycles. The van der Waals surface area contributed by atoms with E-state index in [1.807, 2.05) is 37.3 Å². The minimum absolute atomic E-state index is 0.0685. The van der Waals surface area contributed by atoms with Crippen molar-refractivity contribution in [3.05, 3.63) is 83.9 Å². The number of hydrogen-bond donors (Lipinski definition) is 1. The molecule has 126 valence electrons. The number of rotatable bonds is 4. The zero-order valence-corrected chi connectivity index (χ0v) is 15.0. The minimum Gasteiger partial charge on any atom is -0.338 e. The lowest BCUT2D eigenvalue weighted by molar-refractivity contribution is 0.101. The third-order valence-electron chi connectivity index (χ3n) is 4.18. The predicted molar refractivity (Wildman–Crippen MR) is 102 cm³/mol. The summed E-state index contributed by atoms with van der Waals surface area (Å²) >= 11 is 0. The highest BCUT2D eigenvalue weighted by atomic mass is 31.2. The molecule has 0 aromatic heterocycles. The van der Waals surface area contributed by atoms with E-state index in [4.69, 9.17) is 0 Å². The third-order valence-corrected chi connectivity index (χ3v) is 6.22. The molecule has 0 saturated carbocycles. The number of ketones is 1. The summed E-state index contributed by atoms with van der Waals surface area (Å²) in [6.45, 7) is 3.43. The van der Waals surface area contributed by atoms with Gasteiger partial charge in [-0.25, -0.2) is 0 Å². The maximum Gasteiger partial charge on any atom is 0.259 e. The van der Waals surface area contributed by atoms with Crippen molar-refractivity contribution in [2.75, 3.05) is 0 Å². The topological polar surface area (TPSA) is 54.4 Å². The van der Waals surface area contributed by atoms with Crippen molar-refractivity contribution in [1.82, 2.24) is 0 Å². The van der Waals surface area contributed by atoms with E-state index in [9.17, 15) is 14.3 Å². The van der Waals surface area contributed by atoms with E-state index in [1.54, 1.807) is 42.5 Å². The van der Waals surface area contributed by atoms with E-state index >= 15 is 0 Å². The lowest BCUT2D eigenvalue weighted by Crippen LogP contribution is -2.18. The van der Waals surface area contributed by atoms with Gasteiger partial charge in [-0.15, -0.1) is 0 Å². The number of carbonyl (C=O) groups is 1. The Kier molecular flexibility index (Phi) is 4.71. The number of benzene rings is 3. The predicted octanol–water partition coefficient (Wildman–Crippen LogP) is 4.09. The first-order chi connectivity index (χ1) is 11.9. The highest BCUT2D eigenvalue weighted by Gasteiger charge is 2.28. The lowest BCUT2D eigenvalue weighted by Gasteiger charge is -2.18. The molecule has 1 atom stereocenters. The van der Waals surface area contributed by atoms with Crippen molar-refractivity contribution < 1.29 is 14.3 Å². The average Bonchev–Trinajstić information content (AvgIpc) is 2.62. The first-order valence-corrected chi connectivity index (χ1v) is 9.67. The van der Waals surface area contributed by atoms with Crippen LogP contribution < -0.4 is 10.6 Å². The van der Waals surface area contributed by atoms with Gasteiger partial charge in [0.2, 0.25) is 0 Å². The molecule has 1 N–H and O–H groups in total. The lowest BCUT2D eigenvalue weighted by atomic mass is 9.96. The minimum atomic E-state index is -3.77. The van der Waals surface area contributed by atoms with E-state index in [-0.39, 0.29) is 5.78 Å². The van der Waals surface area contributed by atoms with Gasteiger partial charge < -0.3 is 4.89 Å². The SMILES string of the molecule is CC(=O)c1cc(C)ccc1-c1ccccc1P(=O)(O)c1ccccc1. The van der Waals surface area contributed by atoms with Gasteiger partial charge in [0.15, 0.2) is 5.78 Å². The van der Waals surface area contributed by atoms with Crippen molar-refractivity contribution in [1.29, 1.82) is 0 Å². The Bertz CT molecular complexity index is 977. The van der Waals surface area contributed by atoms with Gasteiger partial charge in [-0.2, -0.15) is 0 Å². The molecule has 1 unspecified atom stereocenters. The Balaban J connectivity index is 2.26. The standard InChI is InChI=1S/C21H19O3P/c1-15-12-13-18(20(14-15)16(2)22)19-10-6-7-11-21(19)25(23,24)17-8-4-3-5-9-17/h3-14H,1-2H3,(H,23,24). The summed E-state index contributed by atoms with van der Waals surface area (Å²) in [6, 6.07) is 21.2. The van der Waals surface area contributed by atoms with Crippen LogP contribution in [0.3, 0.4) is 0 Å². The molecule has 0 bridgehead atoms. The van der Waals surface area contributed by atoms with E-state index < -0.39 is 7.37 Å². The highest BCUT2D eigenvalue weighted by Crippen LogP contribution is 2.42. The molecule has 25 heavy (non-hydrogen) atoms. The fourth-order valence-corrected chi connectivity index (χ4v) is 4.58. The van der Waals surface area contributed by atoms with Gasteiger partial charge in [0.05, 0.1) is 0 Å². The molecule has 3 nitrogen and oxygen atoms in total.